The Kier molecular flexibility index (Phi) is 2.34. The fourth-order valence-corrected chi connectivity index (χ4v) is 3.12. The summed E-state index contributed by atoms with van der Waals surface area (Å²) in [6, 6.07) is 16.7. The molecule has 0 spiro atoms. The van der Waals surface area contributed by atoms with E-state index in [-0.39, 0.29) is 0 Å². The first-order chi connectivity index (χ1) is 9.43. The summed E-state index contributed by atoms with van der Waals surface area (Å²) in [6.45, 7) is 0. The number of hydrogen-bond acceptors (Lipinski definition) is 2. The van der Waals surface area contributed by atoms with Gasteiger partial charge in [0.15, 0.2) is 5.75 Å². The second-order valence-electron chi connectivity index (χ2n) is 5.04. The summed E-state index contributed by atoms with van der Waals surface area (Å²) in [5.74, 6) is 1.23. The van der Waals surface area contributed by atoms with Gasteiger partial charge in [-0.05, 0) is 30.0 Å². The molecule has 4 rings (SSSR count). The molecule has 0 saturated carbocycles. The van der Waals surface area contributed by atoms with Crippen LogP contribution in [0.15, 0.2) is 54.8 Å². The van der Waals surface area contributed by atoms with Gasteiger partial charge in [-0.15, -0.1) is 0 Å². The average Bonchev–Trinajstić information content (AvgIpc) is 2.90. The quantitative estimate of drug-likeness (QED) is 0.710. The van der Waals surface area contributed by atoms with Crippen molar-refractivity contribution in [1.29, 1.82) is 0 Å². The van der Waals surface area contributed by atoms with Crippen LogP contribution in [-0.4, -0.2) is 0 Å². The van der Waals surface area contributed by atoms with Crippen LogP contribution < -0.4 is 4.89 Å². The predicted octanol–water partition coefficient (Wildman–Crippen LogP) is 4.08. The normalized spacial score (nSPS) is 19.8. The minimum atomic E-state index is 0.418. The zero-order chi connectivity index (χ0) is 12.7. The van der Waals surface area contributed by atoms with Gasteiger partial charge in [-0.3, -0.25) is 9.78 Å². The van der Waals surface area contributed by atoms with Crippen molar-refractivity contribution in [3.05, 3.63) is 71.5 Å². The Balaban J connectivity index is 1.81. The molecule has 1 unspecified atom stereocenters. The molecule has 2 aromatic rings. The van der Waals surface area contributed by atoms with Crippen molar-refractivity contribution in [2.75, 3.05) is 0 Å². The van der Waals surface area contributed by atoms with Crippen molar-refractivity contribution in [3.8, 4) is 5.75 Å². The van der Waals surface area contributed by atoms with E-state index in [2.05, 4.69) is 30.3 Å². The van der Waals surface area contributed by atoms with E-state index >= 15 is 0 Å². The molecule has 0 amide bonds. The Labute approximate surface area is 112 Å². The zero-order valence-electron chi connectivity index (χ0n) is 10.5. The standard InChI is InChI=1S/C17H14O2/c1-2-6-13-12(5-1)9-10-14(13)16-11-18-19-17-8-4-3-7-15(16)17/h1-8,11,14H,9-10H2. The van der Waals surface area contributed by atoms with Crippen LogP contribution in [-0.2, 0) is 11.3 Å². The van der Waals surface area contributed by atoms with Gasteiger partial charge in [-0.1, -0.05) is 42.5 Å². The lowest BCUT2D eigenvalue weighted by molar-refractivity contribution is -0.152. The first kappa shape index (κ1) is 10.7. The zero-order valence-corrected chi connectivity index (χ0v) is 10.5. The maximum atomic E-state index is 5.22. The topological polar surface area (TPSA) is 18.5 Å². The SMILES string of the molecule is C1=C(C2CCc3ccccc32)c2ccccc2OO1. The maximum absolute atomic E-state index is 5.22. The number of aryl methyl sites for hydroxylation is 1. The Morgan fingerprint density at radius 3 is 2.79 bits per heavy atom. The third-order valence-electron chi connectivity index (χ3n) is 4.02. The van der Waals surface area contributed by atoms with E-state index in [1.807, 2.05) is 18.2 Å². The summed E-state index contributed by atoms with van der Waals surface area (Å²) in [7, 11) is 0. The van der Waals surface area contributed by atoms with Crippen molar-refractivity contribution in [1.82, 2.24) is 0 Å². The maximum Gasteiger partial charge on any atom is 0.186 e. The molecule has 2 aliphatic rings. The Morgan fingerprint density at radius 1 is 0.947 bits per heavy atom. The molecule has 0 radical (unpaired) electrons. The number of rotatable bonds is 1. The summed E-state index contributed by atoms with van der Waals surface area (Å²) >= 11 is 0. The number of benzene rings is 2. The van der Waals surface area contributed by atoms with E-state index in [4.69, 9.17) is 9.78 Å². The molecule has 0 saturated heterocycles. The molecule has 19 heavy (non-hydrogen) atoms. The van der Waals surface area contributed by atoms with Gasteiger partial charge in [0, 0.05) is 17.1 Å². The molecule has 0 fully saturated rings. The van der Waals surface area contributed by atoms with Crippen molar-refractivity contribution >= 4 is 5.57 Å². The number of allylic oxidation sites excluding steroid dienone is 1. The van der Waals surface area contributed by atoms with Gasteiger partial charge in [0.2, 0.25) is 0 Å². The Morgan fingerprint density at radius 2 is 1.79 bits per heavy atom. The molecule has 2 nitrogen and oxygen atoms in total. The summed E-state index contributed by atoms with van der Waals surface area (Å²) < 4.78 is 0. The van der Waals surface area contributed by atoms with E-state index in [0.717, 1.165) is 24.2 Å². The predicted molar refractivity (Wildman–Crippen MR) is 73.6 cm³/mol. The number of hydrogen-bond donors (Lipinski definition) is 0. The molecular formula is C17H14O2. The third-order valence-corrected chi connectivity index (χ3v) is 4.02. The van der Waals surface area contributed by atoms with Crippen LogP contribution in [0, 0.1) is 0 Å². The summed E-state index contributed by atoms with van der Waals surface area (Å²) in [4.78, 5) is 10.4. The molecule has 1 aliphatic heterocycles. The highest BCUT2D eigenvalue weighted by Gasteiger charge is 2.29. The average molecular weight is 250 g/mol. The van der Waals surface area contributed by atoms with Gasteiger partial charge in [0.1, 0.15) is 6.26 Å². The van der Waals surface area contributed by atoms with E-state index in [0.29, 0.717) is 5.92 Å². The van der Waals surface area contributed by atoms with Crippen molar-refractivity contribution in [2.45, 2.75) is 18.8 Å². The number of para-hydroxylation sites is 1. The molecule has 2 aromatic carbocycles. The van der Waals surface area contributed by atoms with Gasteiger partial charge < -0.3 is 0 Å². The highest BCUT2D eigenvalue weighted by Crippen LogP contribution is 2.45. The monoisotopic (exact) mass is 250 g/mol. The second kappa shape index (κ2) is 4.16. The Hall–Kier alpha value is -2.22. The third kappa shape index (κ3) is 1.64. The van der Waals surface area contributed by atoms with Crippen LogP contribution in [0.3, 0.4) is 0 Å². The smallest absolute Gasteiger partial charge is 0.186 e. The highest BCUT2D eigenvalue weighted by molar-refractivity contribution is 5.76. The largest absolute Gasteiger partial charge is 0.298 e. The highest BCUT2D eigenvalue weighted by atomic mass is 17.2. The fraction of sp³-hybridized carbons (Fsp3) is 0.176. The van der Waals surface area contributed by atoms with Gasteiger partial charge in [-0.2, -0.15) is 0 Å². The van der Waals surface area contributed by atoms with Crippen LogP contribution in [0.4, 0.5) is 0 Å². The van der Waals surface area contributed by atoms with Gasteiger partial charge in [0.05, 0.1) is 0 Å². The van der Waals surface area contributed by atoms with Crippen LogP contribution >= 0.6 is 0 Å². The molecule has 2 heteroatoms. The van der Waals surface area contributed by atoms with Crippen LogP contribution in [0.2, 0.25) is 0 Å². The first-order valence-corrected chi connectivity index (χ1v) is 6.64. The van der Waals surface area contributed by atoms with Crippen LogP contribution in [0.1, 0.15) is 29.0 Å². The Bertz CT molecular complexity index is 658. The second-order valence-corrected chi connectivity index (χ2v) is 5.04. The molecular weight excluding hydrogens is 236 g/mol. The molecule has 1 aliphatic carbocycles. The van der Waals surface area contributed by atoms with E-state index in [1.54, 1.807) is 6.26 Å². The minimum absolute atomic E-state index is 0.418. The van der Waals surface area contributed by atoms with Crippen LogP contribution in [0.25, 0.3) is 5.57 Å². The van der Waals surface area contributed by atoms with Gasteiger partial charge in [0.25, 0.3) is 0 Å². The van der Waals surface area contributed by atoms with Crippen molar-refractivity contribution in [3.63, 3.8) is 0 Å². The fourth-order valence-electron chi connectivity index (χ4n) is 3.12. The molecule has 0 N–H and O–H groups in total. The van der Waals surface area contributed by atoms with E-state index < -0.39 is 0 Å². The lowest BCUT2D eigenvalue weighted by Gasteiger charge is -2.21. The molecule has 1 atom stereocenters. The van der Waals surface area contributed by atoms with Gasteiger partial charge >= 0.3 is 0 Å². The summed E-state index contributed by atoms with van der Waals surface area (Å²) in [5.41, 5.74) is 5.26. The van der Waals surface area contributed by atoms with E-state index in [9.17, 15) is 0 Å². The summed E-state index contributed by atoms with van der Waals surface area (Å²) in [6.07, 6.45) is 4.04. The van der Waals surface area contributed by atoms with E-state index in [1.165, 1.54) is 16.7 Å². The minimum Gasteiger partial charge on any atom is -0.298 e. The molecule has 1 heterocycles. The van der Waals surface area contributed by atoms with Gasteiger partial charge in [-0.25, -0.2) is 0 Å². The summed E-state index contributed by atoms with van der Waals surface area (Å²) in [5, 5.41) is 0. The lowest BCUT2D eigenvalue weighted by atomic mass is 9.88. The van der Waals surface area contributed by atoms with Crippen LogP contribution in [0.5, 0.6) is 5.75 Å². The van der Waals surface area contributed by atoms with Crippen molar-refractivity contribution < 1.29 is 9.78 Å². The lowest BCUT2D eigenvalue weighted by Crippen LogP contribution is -2.07. The molecule has 94 valence electrons. The molecule has 0 aromatic heterocycles. The number of fused-ring (bicyclic) bond motifs is 2. The first-order valence-electron chi connectivity index (χ1n) is 6.64. The molecule has 0 bridgehead atoms. The van der Waals surface area contributed by atoms with Crippen molar-refractivity contribution in [2.24, 2.45) is 0 Å².